The molecule has 0 radical (unpaired) electrons. The first kappa shape index (κ1) is 11.1. The first-order valence-corrected chi connectivity index (χ1v) is 5.51. The molecule has 0 aliphatic heterocycles. The van der Waals surface area contributed by atoms with E-state index in [0.717, 1.165) is 12.3 Å². The number of hydrogen-bond acceptors (Lipinski definition) is 3. The molecule has 0 aliphatic carbocycles. The molecule has 2 heterocycles. The summed E-state index contributed by atoms with van der Waals surface area (Å²) < 4.78 is 32.2. The van der Waals surface area contributed by atoms with Crippen LogP contribution in [0.4, 0.5) is 8.78 Å². The minimum Gasteiger partial charge on any atom is -0.452 e. The van der Waals surface area contributed by atoms with Crippen LogP contribution in [0.25, 0.3) is 22.1 Å². The first-order chi connectivity index (χ1) is 8.47. The van der Waals surface area contributed by atoms with Crippen LogP contribution in [0, 0.1) is 6.92 Å². The second-order valence-corrected chi connectivity index (χ2v) is 4.30. The molecule has 0 saturated heterocycles. The summed E-state index contributed by atoms with van der Waals surface area (Å²) in [6.07, 6.45) is 0. The van der Waals surface area contributed by atoms with E-state index >= 15 is 0 Å². The van der Waals surface area contributed by atoms with Gasteiger partial charge in [0.1, 0.15) is 11.1 Å². The average Bonchev–Trinajstić information content (AvgIpc) is 2.67. The number of para-hydroxylation sites is 1. The first-order valence-electron chi connectivity index (χ1n) is 5.51. The van der Waals surface area contributed by atoms with Crippen molar-refractivity contribution in [1.29, 1.82) is 0 Å². The van der Waals surface area contributed by atoms with Crippen LogP contribution in [-0.4, -0.2) is 9.97 Å². The van der Waals surface area contributed by atoms with E-state index in [1.807, 2.05) is 12.1 Å². The molecule has 0 atom stereocenters. The van der Waals surface area contributed by atoms with E-state index in [2.05, 4.69) is 9.97 Å². The monoisotopic (exact) mass is 248 g/mol. The van der Waals surface area contributed by atoms with E-state index in [1.54, 1.807) is 19.1 Å². The van der Waals surface area contributed by atoms with Crippen molar-refractivity contribution in [1.82, 2.24) is 9.97 Å². The number of aromatic nitrogens is 2. The van der Waals surface area contributed by atoms with Gasteiger partial charge in [-0.05, 0) is 19.1 Å². The number of halogens is 2. The van der Waals surface area contributed by atoms with Crippen molar-refractivity contribution in [2.75, 3.05) is 0 Å². The zero-order chi connectivity index (χ0) is 12.9. The zero-order valence-corrected chi connectivity index (χ0v) is 9.87. The van der Waals surface area contributed by atoms with Crippen molar-refractivity contribution in [2.24, 2.45) is 0 Å². The molecule has 0 fully saturated rings. The van der Waals surface area contributed by atoms with Gasteiger partial charge in [0, 0.05) is 12.3 Å². The van der Waals surface area contributed by atoms with Gasteiger partial charge in [0.2, 0.25) is 0 Å². The van der Waals surface area contributed by atoms with Crippen LogP contribution in [0.15, 0.2) is 28.7 Å². The maximum Gasteiger partial charge on any atom is 0.303 e. The van der Waals surface area contributed by atoms with Crippen molar-refractivity contribution < 1.29 is 13.2 Å². The summed E-state index contributed by atoms with van der Waals surface area (Å²) in [5.41, 5.74) is 1.95. The van der Waals surface area contributed by atoms with Crippen LogP contribution in [0.1, 0.15) is 18.4 Å². The van der Waals surface area contributed by atoms with Gasteiger partial charge in [-0.25, -0.2) is 9.97 Å². The highest BCUT2D eigenvalue weighted by molar-refractivity contribution is 6.02. The number of nitrogens with zero attached hydrogens (tertiary/aromatic N) is 2. The van der Waals surface area contributed by atoms with Crippen LogP contribution >= 0.6 is 0 Å². The standard InChI is InChI=1S/C13H10F2N2O/c1-7-11-10(17-12(16-7)13(2,14)15)8-5-3-4-6-9(8)18-11/h3-6H,1-2H3. The summed E-state index contributed by atoms with van der Waals surface area (Å²) in [5.74, 6) is -3.53. The van der Waals surface area contributed by atoms with E-state index < -0.39 is 11.7 Å². The number of rotatable bonds is 1. The zero-order valence-electron chi connectivity index (χ0n) is 9.87. The Hall–Kier alpha value is -2.04. The molecule has 0 amide bonds. The molecule has 1 aromatic carbocycles. The Labute approximate surface area is 101 Å². The van der Waals surface area contributed by atoms with Gasteiger partial charge < -0.3 is 4.42 Å². The van der Waals surface area contributed by atoms with Crippen LogP contribution in [0.5, 0.6) is 0 Å². The maximum atomic E-state index is 13.3. The lowest BCUT2D eigenvalue weighted by Crippen LogP contribution is -2.13. The smallest absolute Gasteiger partial charge is 0.303 e. The number of fused-ring (bicyclic) bond motifs is 3. The number of furan rings is 1. The molecule has 0 unspecified atom stereocenters. The van der Waals surface area contributed by atoms with Crippen molar-refractivity contribution in [3.05, 3.63) is 35.8 Å². The van der Waals surface area contributed by atoms with Gasteiger partial charge in [0.25, 0.3) is 0 Å². The normalized spacial score (nSPS) is 12.4. The van der Waals surface area contributed by atoms with E-state index in [-0.39, 0.29) is 0 Å². The van der Waals surface area contributed by atoms with Crippen molar-refractivity contribution in [2.45, 2.75) is 19.8 Å². The van der Waals surface area contributed by atoms with E-state index in [4.69, 9.17) is 4.42 Å². The Morgan fingerprint density at radius 2 is 1.89 bits per heavy atom. The summed E-state index contributed by atoms with van der Waals surface area (Å²) in [7, 11) is 0. The summed E-state index contributed by atoms with van der Waals surface area (Å²) in [5, 5.41) is 0.725. The lowest BCUT2D eigenvalue weighted by molar-refractivity contribution is 0.00790. The van der Waals surface area contributed by atoms with Crippen molar-refractivity contribution in [3.8, 4) is 0 Å². The fourth-order valence-electron chi connectivity index (χ4n) is 1.92. The second-order valence-electron chi connectivity index (χ2n) is 4.30. The summed E-state index contributed by atoms with van der Waals surface area (Å²) in [4.78, 5) is 7.75. The van der Waals surface area contributed by atoms with Crippen molar-refractivity contribution >= 4 is 22.1 Å². The van der Waals surface area contributed by atoms with E-state index in [9.17, 15) is 8.78 Å². The highest BCUT2D eigenvalue weighted by Crippen LogP contribution is 2.31. The molecule has 18 heavy (non-hydrogen) atoms. The minimum atomic E-state index is -3.06. The van der Waals surface area contributed by atoms with Crippen LogP contribution < -0.4 is 0 Å². The Morgan fingerprint density at radius 1 is 1.17 bits per heavy atom. The lowest BCUT2D eigenvalue weighted by Gasteiger charge is -2.08. The predicted molar refractivity (Wildman–Crippen MR) is 63.6 cm³/mol. The molecule has 0 bridgehead atoms. The Kier molecular flexibility index (Phi) is 2.14. The lowest BCUT2D eigenvalue weighted by atomic mass is 10.2. The molecule has 3 nitrogen and oxygen atoms in total. The summed E-state index contributed by atoms with van der Waals surface area (Å²) >= 11 is 0. The molecule has 0 saturated carbocycles. The Morgan fingerprint density at radius 3 is 2.61 bits per heavy atom. The third kappa shape index (κ3) is 1.54. The fourth-order valence-corrected chi connectivity index (χ4v) is 1.92. The molecular weight excluding hydrogens is 238 g/mol. The Balaban J connectivity index is 2.44. The van der Waals surface area contributed by atoms with Gasteiger partial charge in [-0.15, -0.1) is 0 Å². The quantitative estimate of drug-likeness (QED) is 0.657. The van der Waals surface area contributed by atoms with Gasteiger partial charge in [0.05, 0.1) is 5.69 Å². The molecular formula is C13H10F2N2O. The number of hydrogen-bond donors (Lipinski definition) is 0. The topological polar surface area (TPSA) is 38.9 Å². The van der Waals surface area contributed by atoms with Crippen LogP contribution in [0.2, 0.25) is 0 Å². The third-order valence-corrected chi connectivity index (χ3v) is 2.78. The highest BCUT2D eigenvalue weighted by atomic mass is 19.3. The third-order valence-electron chi connectivity index (χ3n) is 2.78. The van der Waals surface area contributed by atoms with Gasteiger partial charge in [-0.2, -0.15) is 8.78 Å². The molecule has 2 aromatic heterocycles. The summed E-state index contributed by atoms with van der Waals surface area (Å²) in [6.45, 7) is 2.43. The second kappa shape index (κ2) is 3.48. The van der Waals surface area contributed by atoms with Gasteiger partial charge in [-0.1, -0.05) is 12.1 Å². The average molecular weight is 248 g/mol. The SMILES string of the molecule is Cc1nc(C(C)(F)F)nc2c1oc1ccccc12. The Bertz CT molecular complexity index is 744. The van der Waals surface area contributed by atoms with Crippen molar-refractivity contribution in [3.63, 3.8) is 0 Å². The van der Waals surface area contributed by atoms with E-state index in [0.29, 0.717) is 22.4 Å². The molecule has 0 spiro atoms. The highest BCUT2D eigenvalue weighted by Gasteiger charge is 2.30. The largest absolute Gasteiger partial charge is 0.452 e. The van der Waals surface area contributed by atoms with Crippen LogP contribution in [0.3, 0.4) is 0 Å². The number of aryl methyl sites for hydroxylation is 1. The minimum absolute atomic E-state index is 0.424. The molecule has 3 aromatic rings. The van der Waals surface area contributed by atoms with Crippen LogP contribution in [-0.2, 0) is 5.92 Å². The molecule has 5 heteroatoms. The fraction of sp³-hybridized carbons (Fsp3) is 0.231. The van der Waals surface area contributed by atoms with E-state index in [1.165, 1.54) is 0 Å². The molecule has 0 aliphatic rings. The molecule has 3 rings (SSSR count). The summed E-state index contributed by atoms with van der Waals surface area (Å²) in [6, 6.07) is 7.21. The number of alkyl halides is 2. The predicted octanol–water partition coefficient (Wildman–Crippen LogP) is 3.80. The van der Waals surface area contributed by atoms with Gasteiger partial charge in [-0.3, -0.25) is 0 Å². The maximum absolute atomic E-state index is 13.3. The molecule has 92 valence electrons. The number of benzene rings is 1. The molecule has 0 N–H and O–H groups in total. The van der Waals surface area contributed by atoms with Gasteiger partial charge >= 0.3 is 5.92 Å². The van der Waals surface area contributed by atoms with Gasteiger partial charge in [0.15, 0.2) is 11.4 Å².